The van der Waals surface area contributed by atoms with Crippen LogP contribution < -0.4 is 10.1 Å². The Balaban J connectivity index is 1.92. The molecular weight excluding hydrogens is 332 g/mol. The van der Waals surface area contributed by atoms with Crippen molar-refractivity contribution in [1.82, 2.24) is 0 Å². The molecule has 0 radical (unpaired) electrons. The quantitative estimate of drug-likeness (QED) is 0.639. The molecular formula is C20H18N2O4. The maximum absolute atomic E-state index is 12.1. The van der Waals surface area contributed by atoms with Gasteiger partial charge in [0, 0.05) is 11.8 Å². The molecule has 0 aliphatic rings. The molecule has 0 aliphatic heterocycles. The first-order valence-corrected chi connectivity index (χ1v) is 7.85. The summed E-state index contributed by atoms with van der Waals surface area (Å²) in [7, 11) is 1.56. The number of carbonyl (C=O) groups is 2. The van der Waals surface area contributed by atoms with Crippen molar-refractivity contribution in [2.45, 2.75) is 13.0 Å². The Kier molecular flexibility index (Phi) is 6.52. The fourth-order valence-electron chi connectivity index (χ4n) is 2.09. The summed E-state index contributed by atoms with van der Waals surface area (Å²) in [5, 5.41) is 11.5. The maximum atomic E-state index is 12.1. The van der Waals surface area contributed by atoms with Crippen LogP contribution in [-0.2, 0) is 14.3 Å². The highest BCUT2D eigenvalue weighted by Gasteiger charge is 2.16. The SMILES string of the molecule is COc1cccc(/C=C/C(=O)O[C@@H](C)C(=O)Nc2cccc(C#N)c2)c1. The number of nitrogens with one attached hydrogen (secondary N) is 1. The van der Waals surface area contributed by atoms with Crippen LogP contribution in [-0.4, -0.2) is 25.1 Å². The van der Waals surface area contributed by atoms with Gasteiger partial charge in [-0.1, -0.05) is 18.2 Å². The van der Waals surface area contributed by atoms with Gasteiger partial charge in [-0.2, -0.15) is 5.26 Å². The maximum Gasteiger partial charge on any atom is 0.331 e. The molecule has 0 saturated carbocycles. The molecule has 1 N–H and O–H groups in total. The molecule has 2 rings (SSSR count). The molecule has 132 valence electrons. The van der Waals surface area contributed by atoms with E-state index < -0.39 is 18.0 Å². The van der Waals surface area contributed by atoms with E-state index in [-0.39, 0.29) is 0 Å². The van der Waals surface area contributed by atoms with Crippen molar-refractivity contribution in [3.8, 4) is 11.8 Å². The lowest BCUT2D eigenvalue weighted by molar-refractivity contribution is -0.148. The molecule has 0 heterocycles. The minimum absolute atomic E-state index is 0.425. The first-order chi connectivity index (χ1) is 12.5. The number of benzene rings is 2. The van der Waals surface area contributed by atoms with Gasteiger partial charge < -0.3 is 14.8 Å². The number of methoxy groups -OCH3 is 1. The number of hydrogen-bond donors (Lipinski definition) is 1. The highest BCUT2D eigenvalue weighted by Crippen LogP contribution is 2.14. The molecule has 0 bridgehead atoms. The van der Waals surface area contributed by atoms with E-state index in [9.17, 15) is 9.59 Å². The number of amides is 1. The summed E-state index contributed by atoms with van der Waals surface area (Å²) in [4.78, 5) is 24.0. The average Bonchev–Trinajstić information content (AvgIpc) is 2.66. The molecule has 2 aromatic carbocycles. The van der Waals surface area contributed by atoms with Crippen molar-refractivity contribution < 1.29 is 19.1 Å². The number of hydrogen-bond acceptors (Lipinski definition) is 5. The monoisotopic (exact) mass is 350 g/mol. The van der Waals surface area contributed by atoms with Gasteiger partial charge in [0.1, 0.15) is 5.75 Å². The number of nitrogens with zero attached hydrogens (tertiary/aromatic N) is 1. The van der Waals surface area contributed by atoms with Crippen LogP contribution in [0.5, 0.6) is 5.75 Å². The minimum Gasteiger partial charge on any atom is -0.497 e. The molecule has 2 aromatic rings. The summed E-state index contributed by atoms with van der Waals surface area (Å²) >= 11 is 0. The molecule has 0 unspecified atom stereocenters. The summed E-state index contributed by atoms with van der Waals surface area (Å²) in [6.07, 6.45) is 1.84. The summed E-state index contributed by atoms with van der Waals surface area (Å²) in [6, 6.07) is 15.6. The van der Waals surface area contributed by atoms with E-state index in [4.69, 9.17) is 14.7 Å². The largest absolute Gasteiger partial charge is 0.497 e. The molecule has 6 nitrogen and oxygen atoms in total. The Labute approximate surface area is 151 Å². The fraction of sp³-hybridized carbons (Fsp3) is 0.150. The third-order valence-corrected chi connectivity index (χ3v) is 3.43. The van der Waals surface area contributed by atoms with Gasteiger partial charge in [0.25, 0.3) is 5.91 Å². The fourth-order valence-corrected chi connectivity index (χ4v) is 2.09. The number of esters is 1. The summed E-state index contributed by atoms with van der Waals surface area (Å²) < 4.78 is 10.2. The van der Waals surface area contributed by atoms with E-state index in [1.165, 1.54) is 19.1 Å². The lowest BCUT2D eigenvalue weighted by atomic mass is 10.2. The van der Waals surface area contributed by atoms with Gasteiger partial charge in [-0.15, -0.1) is 0 Å². The second-order valence-electron chi connectivity index (χ2n) is 5.37. The van der Waals surface area contributed by atoms with Gasteiger partial charge in [-0.3, -0.25) is 4.79 Å². The Morgan fingerprint density at radius 1 is 1.19 bits per heavy atom. The zero-order valence-electron chi connectivity index (χ0n) is 14.4. The van der Waals surface area contributed by atoms with Crippen molar-refractivity contribution in [2.24, 2.45) is 0 Å². The first-order valence-electron chi connectivity index (χ1n) is 7.85. The van der Waals surface area contributed by atoms with Crippen LogP contribution in [0.4, 0.5) is 5.69 Å². The molecule has 0 saturated heterocycles. The van der Waals surface area contributed by atoms with Crippen LogP contribution in [0.15, 0.2) is 54.6 Å². The normalized spacial score (nSPS) is 11.4. The zero-order chi connectivity index (χ0) is 18.9. The Hall–Kier alpha value is -3.59. The Morgan fingerprint density at radius 3 is 2.69 bits per heavy atom. The van der Waals surface area contributed by atoms with Crippen LogP contribution in [0.2, 0.25) is 0 Å². The summed E-state index contributed by atoms with van der Waals surface area (Å²) in [6.45, 7) is 1.47. The molecule has 26 heavy (non-hydrogen) atoms. The zero-order valence-corrected chi connectivity index (χ0v) is 14.4. The molecule has 0 aromatic heterocycles. The molecule has 0 fully saturated rings. The van der Waals surface area contributed by atoms with E-state index in [1.54, 1.807) is 49.6 Å². The average molecular weight is 350 g/mol. The van der Waals surface area contributed by atoms with Gasteiger partial charge in [-0.05, 0) is 48.9 Å². The molecule has 1 amide bonds. The molecule has 0 spiro atoms. The number of ether oxygens (including phenoxy) is 2. The minimum atomic E-state index is -0.983. The van der Waals surface area contributed by atoms with Crippen LogP contribution in [0.25, 0.3) is 6.08 Å². The van der Waals surface area contributed by atoms with Gasteiger partial charge >= 0.3 is 5.97 Å². The van der Waals surface area contributed by atoms with Crippen molar-refractivity contribution in [2.75, 3.05) is 12.4 Å². The van der Waals surface area contributed by atoms with Crippen molar-refractivity contribution >= 4 is 23.6 Å². The van der Waals surface area contributed by atoms with Crippen LogP contribution in [0, 0.1) is 11.3 Å². The highest BCUT2D eigenvalue weighted by atomic mass is 16.5. The number of rotatable bonds is 6. The molecule has 0 aliphatic carbocycles. The Bertz CT molecular complexity index is 868. The van der Waals surface area contributed by atoms with Gasteiger partial charge in [0.05, 0.1) is 18.7 Å². The van der Waals surface area contributed by atoms with Crippen LogP contribution in [0.1, 0.15) is 18.1 Å². The van der Waals surface area contributed by atoms with Gasteiger partial charge in [0.15, 0.2) is 6.10 Å². The topological polar surface area (TPSA) is 88.4 Å². The predicted molar refractivity (Wildman–Crippen MR) is 97.4 cm³/mol. The highest BCUT2D eigenvalue weighted by molar-refractivity contribution is 5.96. The molecule has 1 atom stereocenters. The summed E-state index contributed by atoms with van der Waals surface area (Å²) in [5.41, 5.74) is 1.66. The van der Waals surface area contributed by atoms with E-state index in [1.807, 2.05) is 12.1 Å². The van der Waals surface area contributed by atoms with E-state index in [0.29, 0.717) is 17.0 Å². The molecule has 6 heteroatoms. The predicted octanol–water partition coefficient (Wildman–Crippen LogP) is 3.15. The standard InChI is InChI=1S/C20H18N2O4/c1-14(20(24)22-17-7-3-6-16(11-17)13-21)26-19(23)10-9-15-5-4-8-18(12-15)25-2/h3-12,14H,1-2H3,(H,22,24)/b10-9+/t14-/m0/s1. The van der Waals surface area contributed by atoms with Gasteiger partial charge in [-0.25, -0.2) is 4.79 Å². The van der Waals surface area contributed by atoms with Gasteiger partial charge in [0.2, 0.25) is 0 Å². The number of anilines is 1. The first kappa shape index (κ1) is 18.7. The smallest absolute Gasteiger partial charge is 0.331 e. The third kappa shape index (κ3) is 5.49. The number of nitriles is 1. The van der Waals surface area contributed by atoms with Crippen LogP contribution >= 0.6 is 0 Å². The van der Waals surface area contributed by atoms with Crippen LogP contribution in [0.3, 0.4) is 0 Å². The van der Waals surface area contributed by atoms with Crippen molar-refractivity contribution in [1.29, 1.82) is 5.26 Å². The van der Waals surface area contributed by atoms with E-state index in [2.05, 4.69) is 5.32 Å². The number of carbonyl (C=O) groups excluding carboxylic acids is 2. The summed E-state index contributed by atoms with van der Waals surface area (Å²) in [5.74, 6) is -0.447. The van der Waals surface area contributed by atoms with Crippen molar-refractivity contribution in [3.63, 3.8) is 0 Å². The van der Waals surface area contributed by atoms with E-state index >= 15 is 0 Å². The Morgan fingerprint density at radius 2 is 1.96 bits per heavy atom. The third-order valence-electron chi connectivity index (χ3n) is 3.43. The lowest BCUT2D eigenvalue weighted by Gasteiger charge is -2.12. The second-order valence-corrected chi connectivity index (χ2v) is 5.37. The van der Waals surface area contributed by atoms with Crippen molar-refractivity contribution in [3.05, 3.63) is 65.7 Å². The lowest BCUT2D eigenvalue weighted by Crippen LogP contribution is -2.29. The second kappa shape index (κ2) is 9.04. The van der Waals surface area contributed by atoms with E-state index in [0.717, 1.165) is 5.56 Å².